The summed E-state index contributed by atoms with van der Waals surface area (Å²) >= 11 is 6.36. The van der Waals surface area contributed by atoms with E-state index in [1.54, 1.807) is 0 Å². The van der Waals surface area contributed by atoms with Gasteiger partial charge in [-0.1, -0.05) is 49.6 Å². The zero-order valence-electron chi connectivity index (χ0n) is 13.3. The number of hydrogen-bond donors (Lipinski definition) is 1. The van der Waals surface area contributed by atoms with Crippen LogP contribution in [0.5, 0.6) is 0 Å². The third-order valence-corrected chi connectivity index (χ3v) is 4.91. The van der Waals surface area contributed by atoms with Crippen LogP contribution in [0, 0.1) is 0 Å². The molecule has 0 aromatic heterocycles. The summed E-state index contributed by atoms with van der Waals surface area (Å²) in [6.07, 6.45) is 6.94. The lowest BCUT2D eigenvalue weighted by molar-refractivity contribution is -0.0612. The van der Waals surface area contributed by atoms with E-state index in [1.807, 2.05) is 12.1 Å². The number of hydrogen-bond acceptors (Lipinski definition) is 2. The molecule has 1 aliphatic carbocycles. The van der Waals surface area contributed by atoms with Crippen LogP contribution in [0.25, 0.3) is 0 Å². The van der Waals surface area contributed by atoms with Gasteiger partial charge in [-0.05, 0) is 50.8 Å². The van der Waals surface area contributed by atoms with Gasteiger partial charge in [0.25, 0.3) is 0 Å². The van der Waals surface area contributed by atoms with Crippen LogP contribution in [0.3, 0.4) is 0 Å². The van der Waals surface area contributed by atoms with Crippen LogP contribution < -0.4 is 5.32 Å². The molecular formula is C18H28ClNO. The smallest absolute Gasteiger partial charge is 0.0837 e. The van der Waals surface area contributed by atoms with Crippen molar-refractivity contribution < 1.29 is 4.74 Å². The summed E-state index contributed by atoms with van der Waals surface area (Å²) in [5, 5.41) is 4.60. The molecule has 0 bridgehead atoms. The van der Waals surface area contributed by atoms with Gasteiger partial charge in [0.2, 0.25) is 0 Å². The fraction of sp³-hybridized carbons (Fsp3) is 0.667. The van der Waals surface area contributed by atoms with Crippen LogP contribution >= 0.6 is 11.6 Å². The first kappa shape index (κ1) is 16.8. The number of ether oxygens (including phenoxy) is 1. The van der Waals surface area contributed by atoms with E-state index in [0.717, 1.165) is 43.9 Å². The average molecular weight is 310 g/mol. The van der Waals surface area contributed by atoms with E-state index in [0.29, 0.717) is 6.04 Å². The van der Waals surface area contributed by atoms with Crippen molar-refractivity contribution in [3.05, 3.63) is 34.9 Å². The normalized spacial score (nSPS) is 18.8. The molecule has 1 fully saturated rings. The Morgan fingerprint density at radius 1 is 1.24 bits per heavy atom. The number of rotatable bonds is 8. The SMILES string of the molecule is CCCNC(Cc1ccccc1Cl)C1(OCC)CCCC1. The lowest BCUT2D eigenvalue weighted by Crippen LogP contribution is -2.52. The molecule has 1 aliphatic rings. The predicted molar refractivity (Wildman–Crippen MR) is 90.1 cm³/mol. The van der Waals surface area contributed by atoms with E-state index in [-0.39, 0.29) is 5.60 Å². The topological polar surface area (TPSA) is 21.3 Å². The second-order valence-corrected chi connectivity index (χ2v) is 6.41. The van der Waals surface area contributed by atoms with Gasteiger partial charge in [0.05, 0.1) is 5.60 Å². The highest BCUT2D eigenvalue weighted by Gasteiger charge is 2.41. The zero-order chi connectivity index (χ0) is 15.1. The minimum absolute atomic E-state index is 0.0108. The van der Waals surface area contributed by atoms with E-state index in [2.05, 4.69) is 31.3 Å². The Labute approximate surface area is 134 Å². The minimum Gasteiger partial charge on any atom is -0.374 e. The molecule has 118 valence electrons. The van der Waals surface area contributed by atoms with Gasteiger partial charge in [0, 0.05) is 17.7 Å². The number of nitrogens with one attached hydrogen (secondary N) is 1. The molecule has 1 saturated carbocycles. The quantitative estimate of drug-likeness (QED) is 0.757. The summed E-state index contributed by atoms with van der Waals surface area (Å²) in [6.45, 7) is 6.13. The summed E-state index contributed by atoms with van der Waals surface area (Å²) in [4.78, 5) is 0. The van der Waals surface area contributed by atoms with Gasteiger partial charge < -0.3 is 10.1 Å². The van der Waals surface area contributed by atoms with E-state index in [4.69, 9.17) is 16.3 Å². The Bertz CT molecular complexity index is 429. The third-order valence-electron chi connectivity index (χ3n) is 4.54. The van der Waals surface area contributed by atoms with Gasteiger partial charge in [-0.2, -0.15) is 0 Å². The molecular weight excluding hydrogens is 282 g/mol. The van der Waals surface area contributed by atoms with Gasteiger partial charge >= 0.3 is 0 Å². The van der Waals surface area contributed by atoms with Crippen molar-refractivity contribution >= 4 is 11.6 Å². The molecule has 1 aromatic carbocycles. The molecule has 0 aliphatic heterocycles. The predicted octanol–water partition coefficient (Wildman–Crippen LogP) is 4.60. The molecule has 2 rings (SSSR count). The lowest BCUT2D eigenvalue weighted by Gasteiger charge is -2.38. The first-order chi connectivity index (χ1) is 10.2. The second-order valence-electron chi connectivity index (χ2n) is 6.01. The molecule has 0 radical (unpaired) electrons. The first-order valence-electron chi connectivity index (χ1n) is 8.32. The van der Waals surface area contributed by atoms with Crippen LogP contribution in [-0.2, 0) is 11.2 Å². The van der Waals surface area contributed by atoms with E-state index >= 15 is 0 Å². The Morgan fingerprint density at radius 2 is 1.95 bits per heavy atom. The first-order valence-corrected chi connectivity index (χ1v) is 8.70. The molecule has 0 saturated heterocycles. The maximum Gasteiger partial charge on any atom is 0.0837 e. The van der Waals surface area contributed by atoms with E-state index in [9.17, 15) is 0 Å². The molecule has 21 heavy (non-hydrogen) atoms. The van der Waals surface area contributed by atoms with Crippen LogP contribution in [0.4, 0.5) is 0 Å². The molecule has 2 nitrogen and oxygen atoms in total. The third kappa shape index (κ3) is 4.21. The van der Waals surface area contributed by atoms with Gasteiger partial charge in [0.1, 0.15) is 0 Å². The Kier molecular flexibility index (Phi) is 6.53. The summed E-state index contributed by atoms with van der Waals surface area (Å²) < 4.78 is 6.26. The molecule has 0 heterocycles. The van der Waals surface area contributed by atoms with Crippen LogP contribution in [0.1, 0.15) is 51.5 Å². The molecule has 1 atom stereocenters. The fourth-order valence-corrected chi connectivity index (χ4v) is 3.71. The zero-order valence-corrected chi connectivity index (χ0v) is 14.1. The Morgan fingerprint density at radius 3 is 2.57 bits per heavy atom. The molecule has 0 amide bonds. The van der Waals surface area contributed by atoms with E-state index < -0.39 is 0 Å². The van der Waals surface area contributed by atoms with Gasteiger partial charge in [-0.15, -0.1) is 0 Å². The van der Waals surface area contributed by atoms with Crippen LogP contribution in [-0.4, -0.2) is 24.8 Å². The van der Waals surface area contributed by atoms with Crippen molar-refractivity contribution in [3.63, 3.8) is 0 Å². The van der Waals surface area contributed by atoms with Crippen molar-refractivity contribution in [1.29, 1.82) is 0 Å². The number of benzene rings is 1. The molecule has 1 unspecified atom stereocenters. The van der Waals surface area contributed by atoms with Crippen molar-refractivity contribution in [2.45, 2.75) is 64.0 Å². The van der Waals surface area contributed by atoms with Crippen LogP contribution in [0.2, 0.25) is 5.02 Å². The summed E-state index contributed by atoms with van der Waals surface area (Å²) in [6, 6.07) is 8.53. The number of halogens is 1. The summed E-state index contributed by atoms with van der Waals surface area (Å²) in [7, 11) is 0. The van der Waals surface area contributed by atoms with Crippen molar-refractivity contribution in [2.75, 3.05) is 13.2 Å². The highest BCUT2D eigenvalue weighted by atomic mass is 35.5. The van der Waals surface area contributed by atoms with E-state index in [1.165, 1.54) is 18.4 Å². The summed E-state index contributed by atoms with van der Waals surface area (Å²) in [5.74, 6) is 0. The van der Waals surface area contributed by atoms with Crippen molar-refractivity contribution in [3.8, 4) is 0 Å². The summed E-state index contributed by atoms with van der Waals surface area (Å²) in [5.41, 5.74) is 1.21. The van der Waals surface area contributed by atoms with Gasteiger partial charge in [0.15, 0.2) is 0 Å². The molecule has 1 N–H and O–H groups in total. The van der Waals surface area contributed by atoms with Crippen molar-refractivity contribution in [1.82, 2.24) is 5.32 Å². The van der Waals surface area contributed by atoms with Crippen molar-refractivity contribution in [2.24, 2.45) is 0 Å². The van der Waals surface area contributed by atoms with Gasteiger partial charge in [-0.3, -0.25) is 0 Å². The highest BCUT2D eigenvalue weighted by Crippen LogP contribution is 2.38. The lowest BCUT2D eigenvalue weighted by atomic mass is 9.87. The molecule has 0 spiro atoms. The standard InChI is InChI=1S/C18H28ClNO/c1-3-13-20-17(14-15-9-5-6-10-16(15)19)18(21-4-2)11-7-8-12-18/h5-6,9-10,17,20H,3-4,7-8,11-14H2,1-2H3. The Balaban J connectivity index is 2.18. The maximum absolute atomic E-state index is 6.36. The van der Waals surface area contributed by atoms with Crippen LogP contribution in [0.15, 0.2) is 24.3 Å². The maximum atomic E-state index is 6.36. The van der Waals surface area contributed by atoms with Gasteiger partial charge in [-0.25, -0.2) is 0 Å². The Hall–Kier alpha value is -0.570. The fourth-order valence-electron chi connectivity index (χ4n) is 3.50. The highest BCUT2D eigenvalue weighted by molar-refractivity contribution is 6.31. The molecule has 1 aromatic rings. The monoisotopic (exact) mass is 309 g/mol. The molecule has 3 heteroatoms. The average Bonchev–Trinajstić information content (AvgIpc) is 2.95. The largest absolute Gasteiger partial charge is 0.374 e. The second kappa shape index (κ2) is 8.17. The minimum atomic E-state index is -0.0108.